The van der Waals surface area contributed by atoms with Crippen molar-refractivity contribution in [2.24, 2.45) is 0 Å². The maximum Gasteiger partial charge on any atom is 0.241 e. The van der Waals surface area contributed by atoms with Crippen LogP contribution in [0.25, 0.3) is 0 Å². The van der Waals surface area contributed by atoms with Crippen LogP contribution in [0.15, 0.2) is 12.1 Å². The number of hydrogen-bond acceptors (Lipinski definition) is 3. The Labute approximate surface area is 108 Å². The number of amides is 1. The lowest BCUT2D eigenvalue weighted by atomic mass is 10.1. The van der Waals surface area contributed by atoms with E-state index in [1.807, 2.05) is 26.0 Å². The van der Waals surface area contributed by atoms with E-state index in [-0.39, 0.29) is 11.9 Å². The van der Waals surface area contributed by atoms with E-state index in [1.165, 1.54) is 0 Å². The SMILES string of the molecule is COc1c(C)ccc(NC(=O)C2CCCN2)c1C. The standard InChI is InChI=1S/C14H20N2O2/c1-9-6-7-11(10(2)13(9)18-3)16-14(17)12-5-4-8-15-12/h6-7,12,15H,4-5,8H2,1-3H3,(H,16,17). The number of anilines is 1. The van der Waals surface area contributed by atoms with Crippen molar-refractivity contribution in [2.45, 2.75) is 32.7 Å². The topological polar surface area (TPSA) is 50.4 Å². The van der Waals surface area contributed by atoms with Gasteiger partial charge in [0, 0.05) is 11.3 Å². The lowest BCUT2D eigenvalue weighted by molar-refractivity contribution is -0.117. The molecule has 0 aromatic heterocycles. The Balaban J connectivity index is 2.16. The van der Waals surface area contributed by atoms with Crippen molar-refractivity contribution in [3.8, 4) is 5.75 Å². The summed E-state index contributed by atoms with van der Waals surface area (Å²) in [5, 5.41) is 6.17. The second-order valence-electron chi connectivity index (χ2n) is 4.73. The molecule has 1 aromatic rings. The molecule has 4 heteroatoms. The average Bonchev–Trinajstić information content (AvgIpc) is 2.87. The smallest absolute Gasteiger partial charge is 0.241 e. The first-order valence-electron chi connectivity index (χ1n) is 6.32. The largest absolute Gasteiger partial charge is 0.496 e. The summed E-state index contributed by atoms with van der Waals surface area (Å²) < 4.78 is 5.36. The zero-order chi connectivity index (χ0) is 13.1. The van der Waals surface area contributed by atoms with Gasteiger partial charge in [0.1, 0.15) is 5.75 Å². The van der Waals surface area contributed by atoms with E-state index in [0.29, 0.717) is 0 Å². The van der Waals surface area contributed by atoms with Crippen molar-refractivity contribution in [1.82, 2.24) is 5.32 Å². The second-order valence-corrected chi connectivity index (χ2v) is 4.73. The van der Waals surface area contributed by atoms with Crippen molar-refractivity contribution in [3.05, 3.63) is 23.3 Å². The van der Waals surface area contributed by atoms with Crippen molar-refractivity contribution in [1.29, 1.82) is 0 Å². The molecule has 18 heavy (non-hydrogen) atoms. The van der Waals surface area contributed by atoms with E-state index in [0.717, 1.165) is 42.0 Å². The van der Waals surface area contributed by atoms with Crippen LogP contribution in [0.2, 0.25) is 0 Å². The van der Waals surface area contributed by atoms with E-state index in [4.69, 9.17) is 4.74 Å². The molecule has 1 aromatic carbocycles. The molecule has 98 valence electrons. The maximum absolute atomic E-state index is 12.0. The summed E-state index contributed by atoms with van der Waals surface area (Å²) in [5.74, 6) is 0.883. The summed E-state index contributed by atoms with van der Waals surface area (Å²) in [6, 6.07) is 3.83. The van der Waals surface area contributed by atoms with Gasteiger partial charge in [0.05, 0.1) is 13.2 Å². The molecule has 0 saturated carbocycles. The fraction of sp³-hybridized carbons (Fsp3) is 0.500. The summed E-state index contributed by atoms with van der Waals surface area (Å²) >= 11 is 0. The van der Waals surface area contributed by atoms with Crippen LogP contribution in [0, 0.1) is 13.8 Å². The van der Waals surface area contributed by atoms with Crippen LogP contribution in [0.1, 0.15) is 24.0 Å². The highest BCUT2D eigenvalue weighted by Crippen LogP contribution is 2.29. The molecule has 0 spiro atoms. The van der Waals surface area contributed by atoms with E-state index < -0.39 is 0 Å². The van der Waals surface area contributed by atoms with E-state index in [9.17, 15) is 4.79 Å². The predicted octanol–water partition coefficient (Wildman–Crippen LogP) is 2.00. The van der Waals surface area contributed by atoms with Crippen LogP contribution in [0.5, 0.6) is 5.75 Å². The summed E-state index contributed by atoms with van der Waals surface area (Å²) in [6.07, 6.45) is 1.97. The van der Waals surface area contributed by atoms with Crippen LogP contribution < -0.4 is 15.4 Å². The van der Waals surface area contributed by atoms with Gasteiger partial charge in [-0.3, -0.25) is 4.79 Å². The van der Waals surface area contributed by atoms with Gasteiger partial charge in [-0.2, -0.15) is 0 Å². The van der Waals surface area contributed by atoms with Gasteiger partial charge < -0.3 is 15.4 Å². The summed E-state index contributed by atoms with van der Waals surface area (Å²) in [4.78, 5) is 12.0. The Morgan fingerprint density at radius 3 is 2.83 bits per heavy atom. The monoisotopic (exact) mass is 248 g/mol. The molecule has 1 aliphatic heterocycles. The Bertz CT molecular complexity index is 451. The molecule has 1 fully saturated rings. The fourth-order valence-corrected chi connectivity index (χ4v) is 2.40. The number of carbonyl (C=O) groups excluding carboxylic acids is 1. The number of aryl methyl sites for hydroxylation is 1. The van der Waals surface area contributed by atoms with Crippen LogP contribution in [0.4, 0.5) is 5.69 Å². The fourth-order valence-electron chi connectivity index (χ4n) is 2.40. The molecule has 1 saturated heterocycles. The molecule has 0 aliphatic carbocycles. The van der Waals surface area contributed by atoms with Crippen molar-refractivity contribution in [2.75, 3.05) is 19.0 Å². The Hall–Kier alpha value is -1.55. The molecule has 4 nitrogen and oxygen atoms in total. The van der Waals surface area contributed by atoms with Crippen molar-refractivity contribution in [3.63, 3.8) is 0 Å². The number of ether oxygens (including phenoxy) is 1. The first-order chi connectivity index (χ1) is 8.63. The first-order valence-corrected chi connectivity index (χ1v) is 6.32. The predicted molar refractivity (Wildman–Crippen MR) is 72.1 cm³/mol. The van der Waals surface area contributed by atoms with Gasteiger partial charge in [0.25, 0.3) is 0 Å². The van der Waals surface area contributed by atoms with Gasteiger partial charge in [-0.25, -0.2) is 0 Å². The molecule has 2 rings (SSSR count). The molecule has 1 unspecified atom stereocenters. The van der Waals surface area contributed by atoms with Gasteiger partial charge in [0.2, 0.25) is 5.91 Å². The highest BCUT2D eigenvalue weighted by Gasteiger charge is 2.22. The number of methoxy groups -OCH3 is 1. The minimum atomic E-state index is -0.0586. The quantitative estimate of drug-likeness (QED) is 0.860. The molecular formula is C14H20N2O2. The second kappa shape index (κ2) is 5.40. The molecule has 0 radical (unpaired) electrons. The molecule has 1 atom stereocenters. The summed E-state index contributed by atoms with van der Waals surface area (Å²) in [6.45, 7) is 4.88. The Morgan fingerprint density at radius 1 is 1.44 bits per heavy atom. The van der Waals surface area contributed by atoms with Gasteiger partial charge in [0.15, 0.2) is 0 Å². The zero-order valence-electron chi connectivity index (χ0n) is 11.2. The third-order valence-corrected chi connectivity index (χ3v) is 3.44. The number of carbonyl (C=O) groups is 1. The van der Waals surface area contributed by atoms with Crippen LogP contribution in [0.3, 0.4) is 0 Å². The van der Waals surface area contributed by atoms with E-state index in [2.05, 4.69) is 10.6 Å². The number of hydrogen-bond donors (Lipinski definition) is 2. The molecular weight excluding hydrogens is 228 g/mol. The number of benzene rings is 1. The minimum Gasteiger partial charge on any atom is -0.496 e. The third-order valence-electron chi connectivity index (χ3n) is 3.44. The molecule has 1 heterocycles. The van der Waals surface area contributed by atoms with E-state index >= 15 is 0 Å². The van der Waals surface area contributed by atoms with Gasteiger partial charge in [-0.1, -0.05) is 6.07 Å². The molecule has 1 amide bonds. The highest BCUT2D eigenvalue weighted by atomic mass is 16.5. The lowest BCUT2D eigenvalue weighted by Crippen LogP contribution is -2.35. The average molecular weight is 248 g/mol. The summed E-state index contributed by atoms with van der Waals surface area (Å²) in [5.41, 5.74) is 2.88. The van der Waals surface area contributed by atoms with Crippen molar-refractivity contribution >= 4 is 11.6 Å². The van der Waals surface area contributed by atoms with Crippen LogP contribution in [-0.4, -0.2) is 25.6 Å². The molecule has 1 aliphatic rings. The minimum absolute atomic E-state index is 0.0431. The number of rotatable bonds is 3. The van der Waals surface area contributed by atoms with Gasteiger partial charge >= 0.3 is 0 Å². The van der Waals surface area contributed by atoms with Crippen LogP contribution >= 0.6 is 0 Å². The third kappa shape index (κ3) is 2.48. The van der Waals surface area contributed by atoms with E-state index in [1.54, 1.807) is 7.11 Å². The Morgan fingerprint density at radius 2 is 2.22 bits per heavy atom. The number of nitrogens with one attached hydrogen (secondary N) is 2. The van der Waals surface area contributed by atoms with Gasteiger partial charge in [-0.05, 0) is 44.9 Å². The van der Waals surface area contributed by atoms with Gasteiger partial charge in [-0.15, -0.1) is 0 Å². The first kappa shape index (κ1) is 12.9. The van der Waals surface area contributed by atoms with Crippen LogP contribution in [-0.2, 0) is 4.79 Å². The molecule has 0 bridgehead atoms. The molecule has 2 N–H and O–H groups in total. The summed E-state index contributed by atoms with van der Waals surface area (Å²) in [7, 11) is 1.65. The highest BCUT2D eigenvalue weighted by molar-refractivity contribution is 5.96. The van der Waals surface area contributed by atoms with Crippen molar-refractivity contribution < 1.29 is 9.53 Å². The maximum atomic E-state index is 12.0. The Kier molecular flexibility index (Phi) is 3.87. The normalized spacial score (nSPS) is 18.7. The lowest BCUT2D eigenvalue weighted by Gasteiger charge is -2.16. The zero-order valence-corrected chi connectivity index (χ0v) is 11.2.